The van der Waals surface area contributed by atoms with Crippen molar-refractivity contribution in [2.45, 2.75) is 13.3 Å². The summed E-state index contributed by atoms with van der Waals surface area (Å²) in [4.78, 5) is 10.7. The van der Waals surface area contributed by atoms with Crippen LogP contribution in [0.4, 0.5) is 0 Å². The summed E-state index contributed by atoms with van der Waals surface area (Å²) in [5.74, 6) is -0.441. The molecule has 1 aromatic rings. The highest BCUT2D eigenvalue weighted by Crippen LogP contribution is 2.24. The fourth-order valence-electron chi connectivity index (χ4n) is 1.25. The molecule has 1 aromatic carbocycles. The minimum atomic E-state index is -0.787. The fraction of sp³-hybridized carbons (Fsp3) is 0.364. The zero-order valence-corrected chi connectivity index (χ0v) is 10.2. The average molecular weight is 273 g/mol. The van der Waals surface area contributed by atoms with E-state index in [9.17, 15) is 4.79 Å². The van der Waals surface area contributed by atoms with Crippen molar-refractivity contribution in [1.29, 1.82) is 0 Å². The summed E-state index contributed by atoms with van der Waals surface area (Å²) in [5, 5.41) is 8.81. The largest absolute Gasteiger partial charge is 0.497 e. The third-order valence-corrected chi connectivity index (χ3v) is 2.97. The van der Waals surface area contributed by atoms with Gasteiger partial charge in [-0.15, -0.1) is 0 Å². The van der Waals surface area contributed by atoms with E-state index in [2.05, 4.69) is 15.9 Å². The first-order valence-corrected chi connectivity index (χ1v) is 5.39. The third kappa shape index (κ3) is 3.23. The van der Waals surface area contributed by atoms with Crippen LogP contribution in [0.1, 0.15) is 12.5 Å². The number of ether oxygens (including phenoxy) is 1. The van der Waals surface area contributed by atoms with E-state index in [0.29, 0.717) is 6.42 Å². The molecule has 0 bridgehead atoms. The molecule has 3 nitrogen and oxygen atoms in total. The lowest BCUT2D eigenvalue weighted by molar-refractivity contribution is -0.141. The Kier molecular flexibility index (Phi) is 4.15. The van der Waals surface area contributed by atoms with Crippen LogP contribution in [0.25, 0.3) is 0 Å². The van der Waals surface area contributed by atoms with Crippen LogP contribution in [-0.4, -0.2) is 18.2 Å². The van der Waals surface area contributed by atoms with Crippen molar-refractivity contribution in [2.24, 2.45) is 5.92 Å². The predicted octanol–water partition coefficient (Wildman–Crippen LogP) is 2.72. The van der Waals surface area contributed by atoms with Gasteiger partial charge in [0.15, 0.2) is 0 Å². The Labute approximate surface area is 97.2 Å². The second-order valence-electron chi connectivity index (χ2n) is 3.40. The lowest BCUT2D eigenvalue weighted by atomic mass is 10.0. The van der Waals surface area contributed by atoms with Gasteiger partial charge in [0.2, 0.25) is 0 Å². The second kappa shape index (κ2) is 5.16. The molecule has 0 aromatic heterocycles. The van der Waals surface area contributed by atoms with Crippen molar-refractivity contribution in [3.8, 4) is 5.75 Å². The standard InChI is InChI=1S/C11H13BrO3/c1-7(11(13)14)5-8-6-9(15-2)3-4-10(8)12/h3-4,6-7H,5H2,1-2H3,(H,13,14)/t7-/m0/s1. The van der Waals surface area contributed by atoms with Crippen LogP contribution in [0.5, 0.6) is 5.75 Å². The van der Waals surface area contributed by atoms with Crippen molar-refractivity contribution < 1.29 is 14.6 Å². The minimum absolute atomic E-state index is 0.395. The first-order chi connectivity index (χ1) is 7.04. The molecule has 15 heavy (non-hydrogen) atoms. The van der Waals surface area contributed by atoms with Crippen LogP contribution >= 0.6 is 15.9 Å². The molecule has 0 saturated heterocycles. The molecular formula is C11H13BrO3. The van der Waals surface area contributed by atoms with Gasteiger partial charge in [0.25, 0.3) is 0 Å². The summed E-state index contributed by atoms with van der Waals surface area (Å²) >= 11 is 3.39. The number of methoxy groups -OCH3 is 1. The van der Waals surface area contributed by atoms with Gasteiger partial charge in [-0.05, 0) is 30.2 Å². The maximum Gasteiger partial charge on any atom is 0.306 e. The monoisotopic (exact) mass is 272 g/mol. The Bertz CT molecular complexity index is 363. The summed E-state index contributed by atoms with van der Waals surface area (Å²) in [6.07, 6.45) is 0.493. The minimum Gasteiger partial charge on any atom is -0.497 e. The van der Waals surface area contributed by atoms with Crippen molar-refractivity contribution in [2.75, 3.05) is 7.11 Å². The molecule has 0 saturated carbocycles. The van der Waals surface area contributed by atoms with Crippen LogP contribution in [0.2, 0.25) is 0 Å². The van der Waals surface area contributed by atoms with Gasteiger partial charge in [0.1, 0.15) is 5.75 Å². The Morgan fingerprint density at radius 1 is 1.60 bits per heavy atom. The van der Waals surface area contributed by atoms with Crippen LogP contribution in [-0.2, 0) is 11.2 Å². The molecule has 0 radical (unpaired) electrons. The van der Waals surface area contributed by atoms with Gasteiger partial charge >= 0.3 is 5.97 Å². The van der Waals surface area contributed by atoms with Crippen LogP contribution in [0.3, 0.4) is 0 Å². The second-order valence-corrected chi connectivity index (χ2v) is 4.26. The van der Waals surface area contributed by atoms with E-state index in [1.807, 2.05) is 18.2 Å². The number of hydrogen-bond donors (Lipinski definition) is 1. The summed E-state index contributed by atoms with van der Waals surface area (Å²) < 4.78 is 6.00. The molecule has 4 heteroatoms. The first-order valence-electron chi connectivity index (χ1n) is 4.59. The number of carbonyl (C=O) groups is 1. The molecule has 0 heterocycles. The maximum absolute atomic E-state index is 10.7. The van der Waals surface area contributed by atoms with Gasteiger partial charge in [-0.2, -0.15) is 0 Å². The summed E-state index contributed by atoms with van der Waals surface area (Å²) in [6.45, 7) is 1.69. The lowest BCUT2D eigenvalue weighted by Crippen LogP contribution is -2.12. The number of halogens is 1. The predicted molar refractivity (Wildman–Crippen MR) is 61.2 cm³/mol. The SMILES string of the molecule is COc1ccc(Br)c(C[C@H](C)C(=O)O)c1. The average Bonchev–Trinajstić information content (AvgIpc) is 2.21. The van der Waals surface area contributed by atoms with Crippen LogP contribution in [0, 0.1) is 5.92 Å². The number of carboxylic acids is 1. The molecule has 1 rings (SSSR count). The highest BCUT2D eigenvalue weighted by molar-refractivity contribution is 9.10. The number of hydrogen-bond acceptors (Lipinski definition) is 2. The zero-order valence-electron chi connectivity index (χ0n) is 8.66. The van der Waals surface area contributed by atoms with Crippen molar-refractivity contribution in [3.63, 3.8) is 0 Å². The molecular weight excluding hydrogens is 260 g/mol. The summed E-state index contributed by atoms with van der Waals surface area (Å²) in [5.41, 5.74) is 0.948. The van der Waals surface area contributed by atoms with Gasteiger partial charge in [-0.1, -0.05) is 22.9 Å². The zero-order chi connectivity index (χ0) is 11.4. The van der Waals surface area contributed by atoms with E-state index in [1.54, 1.807) is 14.0 Å². The summed E-state index contributed by atoms with van der Waals surface area (Å²) in [6, 6.07) is 5.55. The number of benzene rings is 1. The molecule has 0 spiro atoms. The number of aliphatic carboxylic acids is 1. The molecule has 82 valence electrons. The summed E-state index contributed by atoms with van der Waals surface area (Å²) in [7, 11) is 1.59. The highest BCUT2D eigenvalue weighted by atomic mass is 79.9. The molecule has 1 N–H and O–H groups in total. The topological polar surface area (TPSA) is 46.5 Å². The lowest BCUT2D eigenvalue weighted by Gasteiger charge is -2.09. The third-order valence-electron chi connectivity index (χ3n) is 2.20. The van der Waals surface area contributed by atoms with Crippen molar-refractivity contribution in [3.05, 3.63) is 28.2 Å². The van der Waals surface area contributed by atoms with Crippen molar-refractivity contribution in [1.82, 2.24) is 0 Å². The number of rotatable bonds is 4. The van der Waals surface area contributed by atoms with E-state index in [1.165, 1.54) is 0 Å². The fourth-order valence-corrected chi connectivity index (χ4v) is 1.66. The molecule has 0 aliphatic carbocycles. The van der Waals surface area contributed by atoms with E-state index in [-0.39, 0.29) is 0 Å². The van der Waals surface area contributed by atoms with Crippen LogP contribution in [0.15, 0.2) is 22.7 Å². The highest BCUT2D eigenvalue weighted by Gasteiger charge is 2.13. The Morgan fingerprint density at radius 2 is 2.27 bits per heavy atom. The maximum atomic E-state index is 10.7. The Hall–Kier alpha value is -1.03. The van der Waals surface area contributed by atoms with Gasteiger partial charge in [-0.3, -0.25) is 4.79 Å². The molecule has 0 amide bonds. The van der Waals surface area contributed by atoms with E-state index in [0.717, 1.165) is 15.8 Å². The quantitative estimate of drug-likeness (QED) is 0.917. The normalized spacial score (nSPS) is 12.2. The molecule has 0 aliphatic rings. The van der Waals surface area contributed by atoms with Gasteiger partial charge in [0.05, 0.1) is 13.0 Å². The van der Waals surface area contributed by atoms with Gasteiger partial charge < -0.3 is 9.84 Å². The number of carboxylic acid groups (broad SMARTS) is 1. The van der Waals surface area contributed by atoms with Gasteiger partial charge in [0, 0.05) is 4.47 Å². The first kappa shape index (κ1) is 12.0. The van der Waals surface area contributed by atoms with Crippen molar-refractivity contribution >= 4 is 21.9 Å². The van der Waals surface area contributed by atoms with E-state index >= 15 is 0 Å². The van der Waals surface area contributed by atoms with Crippen LogP contribution < -0.4 is 4.74 Å². The molecule has 0 fully saturated rings. The van der Waals surface area contributed by atoms with E-state index in [4.69, 9.17) is 9.84 Å². The Morgan fingerprint density at radius 3 is 2.80 bits per heavy atom. The van der Waals surface area contributed by atoms with Gasteiger partial charge in [-0.25, -0.2) is 0 Å². The smallest absolute Gasteiger partial charge is 0.306 e. The molecule has 1 atom stereocenters. The van der Waals surface area contributed by atoms with E-state index < -0.39 is 11.9 Å². The molecule has 0 unspecified atom stereocenters. The molecule has 0 aliphatic heterocycles. The Balaban J connectivity index is 2.88.